The van der Waals surface area contributed by atoms with Gasteiger partial charge in [-0.2, -0.15) is 0 Å². The quantitative estimate of drug-likeness (QED) is 0.0492. The fourth-order valence-corrected chi connectivity index (χ4v) is 8.00. The first-order valence-electron chi connectivity index (χ1n) is 16.8. The summed E-state index contributed by atoms with van der Waals surface area (Å²) in [6.45, 7) is 5.42. The van der Waals surface area contributed by atoms with Crippen LogP contribution in [0.5, 0.6) is 0 Å². The number of nitrogens with one attached hydrogen (secondary N) is 2. The second-order valence-electron chi connectivity index (χ2n) is 12.8. The van der Waals surface area contributed by atoms with Crippen molar-refractivity contribution in [2.24, 2.45) is 5.41 Å². The van der Waals surface area contributed by atoms with Gasteiger partial charge in [0.1, 0.15) is 42.0 Å². The predicted molar refractivity (Wildman–Crippen MR) is 189 cm³/mol. The molecule has 1 aliphatic heterocycles. The summed E-state index contributed by atoms with van der Waals surface area (Å²) >= 11 is 0.866. The molecular weight excluding hydrogens is 847 g/mol. The maximum absolute atomic E-state index is 12.5. The number of aliphatic hydroxyl groups excluding tert-OH is 2. The Morgan fingerprint density at radius 2 is 1.68 bits per heavy atom. The van der Waals surface area contributed by atoms with Crippen LogP contribution in [0, 0.1) is 5.41 Å². The average Bonchev–Trinajstić information content (AvgIpc) is 3.64. The zero-order valence-corrected chi connectivity index (χ0v) is 34.7. The molecule has 0 radical (unpaired) electrons. The van der Waals surface area contributed by atoms with Crippen LogP contribution in [0.15, 0.2) is 12.7 Å². The number of nitrogens with zero attached hydrogens (tertiary/aromatic N) is 4. The van der Waals surface area contributed by atoms with E-state index < -0.39 is 84.6 Å². The van der Waals surface area contributed by atoms with Gasteiger partial charge in [-0.1, -0.05) is 45.9 Å². The van der Waals surface area contributed by atoms with Crippen LogP contribution in [-0.2, 0) is 55.5 Å². The zero-order chi connectivity index (χ0) is 43.4. The molecule has 0 spiro atoms. The summed E-state index contributed by atoms with van der Waals surface area (Å²) in [7, 11) is -17.6. The van der Waals surface area contributed by atoms with E-state index in [4.69, 9.17) is 10.5 Å². The van der Waals surface area contributed by atoms with Gasteiger partial charge < -0.3 is 69.0 Å². The normalized spacial score (nSPS) is 21.1. The SMILES string of the molecule is CC(=O)CC(=O)SCCNC(=O)CCNC(=O)[C@H](O)C(C)(C)COP(=O)([O-])OP(=O)([O-])OC[C@H]1O[C@@H](n2cnc3c(N)ncnc32)[C@H](O)[C@@H]1OP(=O)([O-])[O-].CCC. The van der Waals surface area contributed by atoms with Crippen molar-refractivity contribution < 1.29 is 85.3 Å². The van der Waals surface area contributed by atoms with Crippen molar-refractivity contribution in [1.29, 1.82) is 0 Å². The van der Waals surface area contributed by atoms with Gasteiger partial charge in [-0.3, -0.25) is 32.9 Å². The van der Waals surface area contributed by atoms with Crippen LogP contribution in [0.1, 0.15) is 60.1 Å². The molecule has 2 aromatic rings. The largest absolute Gasteiger partial charge is 0.790 e. The Bertz CT molecular complexity index is 1850. The summed E-state index contributed by atoms with van der Waals surface area (Å²) < 4.78 is 60.3. The van der Waals surface area contributed by atoms with Crippen molar-refractivity contribution in [1.82, 2.24) is 30.2 Å². The number of nitrogens with two attached hydrogens (primary N) is 1. The van der Waals surface area contributed by atoms with Gasteiger partial charge in [0.2, 0.25) is 11.8 Å². The van der Waals surface area contributed by atoms with E-state index in [9.17, 15) is 62.7 Å². The number of fused-ring (bicyclic) bond motifs is 1. The van der Waals surface area contributed by atoms with Crippen molar-refractivity contribution >= 4 is 74.9 Å². The maximum atomic E-state index is 12.5. The molecule has 324 valence electrons. The van der Waals surface area contributed by atoms with E-state index in [-0.39, 0.29) is 59.6 Å². The molecule has 6 N–H and O–H groups in total. The molecule has 3 heterocycles. The number of amides is 2. The Labute approximate surface area is 330 Å². The monoisotopic (exact) mass is 891 g/mol. The van der Waals surface area contributed by atoms with Gasteiger partial charge in [-0.05, 0) is 6.92 Å². The summed E-state index contributed by atoms with van der Waals surface area (Å²) in [6.07, 6.45) is -6.67. The summed E-state index contributed by atoms with van der Waals surface area (Å²) in [5.41, 5.74) is 4.03. The molecule has 0 aromatic carbocycles. The molecule has 1 aliphatic rings. The van der Waals surface area contributed by atoms with Crippen LogP contribution in [0.25, 0.3) is 11.2 Å². The molecule has 7 atom stereocenters. The second kappa shape index (κ2) is 22.0. The number of anilines is 1. The number of Topliss-reactive ketones (excluding diaryl/α,β-unsaturated/α-hetero) is 1. The van der Waals surface area contributed by atoms with Gasteiger partial charge in [-0.15, -0.1) is 0 Å². The minimum absolute atomic E-state index is 0.0279. The Balaban J connectivity index is 0.00000362. The number of nitrogen functional groups attached to an aromatic ring is 1. The Morgan fingerprint density at radius 3 is 2.30 bits per heavy atom. The van der Waals surface area contributed by atoms with Gasteiger partial charge in [0, 0.05) is 30.7 Å². The number of hydrogen-bond donors (Lipinski definition) is 5. The number of carbonyl (C=O) groups is 4. The molecule has 29 heteroatoms. The lowest BCUT2D eigenvalue weighted by atomic mass is 9.87. The number of aromatic nitrogens is 4. The maximum Gasteiger partial charge on any atom is 0.274 e. The van der Waals surface area contributed by atoms with Crippen LogP contribution >= 0.6 is 35.2 Å². The van der Waals surface area contributed by atoms with Crippen LogP contribution in [0.4, 0.5) is 5.82 Å². The van der Waals surface area contributed by atoms with E-state index in [0.717, 1.165) is 29.0 Å². The first kappa shape index (κ1) is 50.4. The fraction of sp³-hybridized carbons (Fsp3) is 0.679. The fourth-order valence-electron chi connectivity index (χ4n) is 4.53. The highest BCUT2D eigenvalue weighted by atomic mass is 32.2. The molecule has 2 unspecified atom stereocenters. The molecule has 57 heavy (non-hydrogen) atoms. The molecule has 0 aliphatic carbocycles. The third kappa shape index (κ3) is 16.8. The minimum atomic E-state index is -5.92. The van der Waals surface area contributed by atoms with Gasteiger partial charge in [0.15, 0.2) is 22.8 Å². The minimum Gasteiger partial charge on any atom is -0.790 e. The summed E-state index contributed by atoms with van der Waals surface area (Å²) in [4.78, 5) is 106. The van der Waals surface area contributed by atoms with Gasteiger partial charge in [0.25, 0.3) is 15.6 Å². The zero-order valence-electron chi connectivity index (χ0n) is 31.2. The van der Waals surface area contributed by atoms with E-state index in [1.165, 1.54) is 27.2 Å². The Morgan fingerprint density at radius 1 is 1.05 bits per heavy atom. The van der Waals surface area contributed by atoms with Crippen LogP contribution in [0.3, 0.4) is 0 Å². The highest BCUT2D eigenvalue weighted by Crippen LogP contribution is 2.56. The number of ether oxygens (including phenoxy) is 1. The Kier molecular flexibility index (Phi) is 19.4. The predicted octanol–water partition coefficient (Wildman–Crippen LogP) is -2.47. The summed E-state index contributed by atoms with van der Waals surface area (Å²) in [5.74, 6) is -1.72. The van der Waals surface area contributed by atoms with E-state index >= 15 is 0 Å². The lowest BCUT2D eigenvalue weighted by Gasteiger charge is -2.36. The molecule has 0 bridgehead atoms. The third-order valence-electron chi connectivity index (χ3n) is 7.13. The van der Waals surface area contributed by atoms with Crippen LogP contribution in [-0.4, -0.2) is 109 Å². The number of aliphatic hydroxyl groups is 2. The first-order chi connectivity index (χ1) is 26.3. The standard InChI is InChI=1S/C25H40N7O18P3S.C3H8/c1-13(33)8-16(35)54-7-6-27-15(34)4-5-28-23(38)20(37)25(2,3)10-47-53(44,45)50-52(42,43)46-9-14-19(49-51(39,40)41)18(36)24(48-14)32-12-31-17-21(26)29-11-30-22(17)32;1-3-2/h11-12,14,18-20,24,36-37H,4-10H2,1-3H3,(H,27,34)(H,28,38)(H,42,43)(H,44,45)(H2,26,29,30)(H2,39,40,41);3H2,1-2H3/p-4/t14-,18-,19-,20+,24-;/m1./s1. The number of hydrogen-bond acceptors (Lipinski definition) is 23. The van der Waals surface area contributed by atoms with E-state index in [1.807, 2.05) is 0 Å². The van der Waals surface area contributed by atoms with Crippen molar-refractivity contribution in [2.75, 3.05) is 37.8 Å². The highest BCUT2D eigenvalue weighted by Gasteiger charge is 2.47. The van der Waals surface area contributed by atoms with Gasteiger partial charge in [0.05, 0.1) is 33.8 Å². The third-order valence-corrected chi connectivity index (χ3v) is 11.0. The van der Waals surface area contributed by atoms with E-state index in [1.54, 1.807) is 0 Å². The second-order valence-corrected chi connectivity index (χ2v) is 18.0. The summed E-state index contributed by atoms with van der Waals surface area (Å²) in [6, 6.07) is 0. The molecule has 1 saturated heterocycles. The number of ketones is 1. The van der Waals surface area contributed by atoms with Gasteiger partial charge >= 0.3 is 0 Å². The molecule has 3 rings (SSSR count). The Hall–Kier alpha value is -2.77. The van der Waals surface area contributed by atoms with E-state index in [0.29, 0.717) is 0 Å². The topological polar surface area (TPSA) is 392 Å². The number of phosphoric acid groups is 3. The molecule has 1 fully saturated rings. The number of rotatable bonds is 21. The van der Waals surface area contributed by atoms with Crippen molar-refractivity contribution in [3.8, 4) is 0 Å². The number of imidazole rings is 1. The smallest absolute Gasteiger partial charge is 0.274 e. The highest BCUT2D eigenvalue weighted by molar-refractivity contribution is 8.13. The number of thioether (sulfide) groups is 1. The number of carbonyl (C=O) groups excluding carboxylic acids is 4. The molecule has 25 nitrogen and oxygen atoms in total. The average molecular weight is 892 g/mol. The molecule has 0 saturated carbocycles. The molecule has 2 amide bonds. The van der Waals surface area contributed by atoms with Crippen LogP contribution < -0.4 is 35.9 Å². The van der Waals surface area contributed by atoms with Crippen molar-refractivity contribution in [3.63, 3.8) is 0 Å². The van der Waals surface area contributed by atoms with Crippen molar-refractivity contribution in [2.45, 2.75) is 84.5 Å². The van der Waals surface area contributed by atoms with Gasteiger partial charge in [-0.25, -0.2) is 19.3 Å². The first-order valence-corrected chi connectivity index (χ1v) is 22.2. The summed E-state index contributed by atoms with van der Waals surface area (Å²) in [5, 5.41) is 25.6. The molecule has 2 aromatic heterocycles. The van der Waals surface area contributed by atoms with Crippen molar-refractivity contribution in [3.05, 3.63) is 12.7 Å². The molecular formula is C28H44N7O18P3S-4. The lowest BCUT2D eigenvalue weighted by molar-refractivity contribution is -0.347. The lowest BCUT2D eigenvalue weighted by Crippen LogP contribution is -2.46. The number of phosphoric ester groups is 3. The van der Waals surface area contributed by atoms with Crippen LogP contribution in [0.2, 0.25) is 0 Å². The van der Waals surface area contributed by atoms with E-state index in [2.05, 4.69) is 57.3 Å².